The summed E-state index contributed by atoms with van der Waals surface area (Å²) < 4.78 is 4.65. The number of ether oxygens (including phenoxy) is 1. The molecule has 17 heavy (non-hydrogen) atoms. The second kappa shape index (κ2) is 6.62. The predicted molar refractivity (Wildman–Crippen MR) is 69.0 cm³/mol. The highest BCUT2D eigenvalue weighted by Gasteiger charge is 2.14. The van der Waals surface area contributed by atoms with Crippen LogP contribution in [0.1, 0.15) is 18.9 Å². The van der Waals surface area contributed by atoms with Gasteiger partial charge in [0.25, 0.3) is 0 Å². The second-order valence-corrected chi connectivity index (χ2v) is 4.61. The van der Waals surface area contributed by atoms with E-state index in [2.05, 4.69) is 9.64 Å². The van der Waals surface area contributed by atoms with Gasteiger partial charge >= 0.3 is 5.97 Å². The smallest absolute Gasteiger partial charge is 0.307 e. The van der Waals surface area contributed by atoms with E-state index in [1.54, 1.807) is 0 Å². The van der Waals surface area contributed by atoms with Crippen molar-refractivity contribution < 1.29 is 9.53 Å². The number of nitrogens with zero attached hydrogens (tertiary/aromatic N) is 1. The van der Waals surface area contributed by atoms with E-state index < -0.39 is 0 Å². The summed E-state index contributed by atoms with van der Waals surface area (Å²) in [4.78, 5) is 13.3. The van der Waals surface area contributed by atoms with Crippen molar-refractivity contribution in [3.05, 3.63) is 34.9 Å². The Kier molecular flexibility index (Phi) is 5.45. The zero-order chi connectivity index (χ0) is 12.8. The molecule has 0 radical (unpaired) electrons. The summed E-state index contributed by atoms with van der Waals surface area (Å²) in [6.45, 7) is 2.79. The van der Waals surface area contributed by atoms with Crippen molar-refractivity contribution in [2.24, 2.45) is 0 Å². The van der Waals surface area contributed by atoms with Crippen LogP contribution in [0.15, 0.2) is 24.3 Å². The minimum atomic E-state index is -0.180. The first-order valence-electron chi connectivity index (χ1n) is 5.54. The van der Waals surface area contributed by atoms with Gasteiger partial charge in [-0.1, -0.05) is 23.7 Å². The Balaban J connectivity index is 2.50. The van der Waals surface area contributed by atoms with Gasteiger partial charge in [-0.2, -0.15) is 0 Å². The molecule has 0 fully saturated rings. The van der Waals surface area contributed by atoms with E-state index in [4.69, 9.17) is 11.6 Å². The van der Waals surface area contributed by atoms with E-state index >= 15 is 0 Å². The first-order chi connectivity index (χ1) is 8.02. The molecule has 0 saturated heterocycles. The summed E-state index contributed by atoms with van der Waals surface area (Å²) in [6.07, 6.45) is 0.403. The van der Waals surface area contributed by atoms with Crippen molar-refractivity contribution in [3.63, 3.8) is 0 Å². The zero-order valence-electron chi connectivity index (χ0n) is 10.4. The summed E-state index contributed by atoms with van der Waals surface area (Å²) >= 11 is 5.82. The molecule has 0 N–H and O–H groups in total. The van der Waals surface area contributed by atoms with Crippen molar-refractivity contribution >= 4 is 17.6 Å². The van der Waals surface area contributed by atoms with Crippen LogP contribution in [0.5, 0.6) is 0 Å². The van der Waals surface area contributed by atoms with Gasteiger partial charge in [0, 0.05) is 17.6 Å². The molecule has 0 aromatic heterocycles. The Labute approximate surface area is 107 Å². The van der Waals surface area contributed by atoms with Crippen LogP contribution >= 0.6 is 11.6 Å². The molecule has 0 saturated carbocycles. The zero-order valence-corrected chi connectivity index (χ0v) is 11.2. The van der Waals surface area contributed by atoms with Gasteiger partial charge in [-0.05, 0) is 31.7 Å². The molecular weight excluding hydrogens is 238 g/mol. The van der Waals surface area contributed by atoms with Gasteiger partial charge in [0.15, 0.2) is 0 Å². The standard InChI is InChI=1S/C13H18ClNO2/c1-10(8-13(16)17-3)15(2)9-11-4-6-12(14)7-5-11/h4-7,10H,8-9H2,1-3H3. The molecular formula is C13H18ClNO2. The molecule has 1 unspecified atom stereocenters. The van der Waals surface area contributed by atoms with Gasteiger partial charge in [-0.3, -0.25) is 9.69 Å². The Hall–Kier alpha value is -1.06. The Morgan fingerprint density at radius 3 is 2.53 bits per heavy atom. The van der Waals surface area contributed by atoms with Crippen molar-refractivity contribution in [2.75, 3.05) is 14.2 Å². The summed E-state index contributed by atoms with van der Waals surface area (Å²) in [7, 11) is 3.40. The fraction of sp³-hybridized carbons (Fsp3) is 0.462. The molecule has 0 heterocycles. The van der Waals surface area contributed by atoms with Gasteiger partial charge in [0.05, 0.1) is 13.5 Å². The van der Waals surface area contributed by atoms with Crippen LogP contribution < -0.4 is 0 Å². The van der Waals surface area contributed by atoms with Crippen LogP contribution in [0.4, 0.5) is 0 Å². The van der Waals surface area contributed by atoms with E-state index in [1.165, 1.54) is 12.7 Å². The number of carbonyl (C=O) groups is 1. The molecule has 1 aromatic rings. The van der Waals surface area contributed by atoms with Crippen LogP contribution in [0.3, 0.4) is 0 Å². The number of hydrogen-bond donors (Lipinski definition) is 0. The van der Waals surface area contributed by atoms with Crippen LogP contribution in [-0.2, 0) is 16.1 Å². The first-order valence-corrected chi connectivity index (χ1v) is 5.92. The topological polar surface area (TPSA) is 29.5 Å². The molecule has 1 rings (SSSR count). The van der Waals surface area contributed by atoms with E-state index in [-0.39, 0.29) is 12.0 Å². The SMILES string of the molecule is COC(=O)CC(C)N(C)Cc1ccc(Cl)cc1. The largest absolute Gasteiger partial charge is 0.469 e. The number of halogens is 1. The lowest BCUT2D eigenvalue weighted by Crippen LogP contribution is -2.31. The quantitative estimate of drug-likeness (QED) is 0.758. The van der Waals surface area contributed by atoms with Gasteiger partial charge in [0.1, 0.15) is 0 Å². The molecule has 0 aliphatic carbocycles. The summed E-state index contributed by atoms with van der Waals surface area (Å²) in [5.41, 5.74) is 1.17. The Morgan fingerprint density at radius 2 is 2.00 bits per heavy atom. The molecule has 4 heteroatoms. The van der Waals surface area contributed by atoms with E-state index in [0.29, 0.717) is 6.42 Å². The normalized spacial score (nSPS) is 12.5. The lowest BCUT2D eigenvalue weighted by atomic mass is 10.1. The third kappa shape index (κ3) is 4.75. The maximum Gasteiger partial charge on any atom is 0.307 e. The number of hydrogen-bond acceptors (Lipinski definition) is 3. The average Bonchev–Trinajstić information content (AvgIpc) is 2.31. The molecule has 1 aromatic carbocycles. The average molecular weight is 256 g/mol. The van der Waals surface area contributed by atoms with Crippen LogP contribution in [0.25, 0.3) is 0 Å². The lowest BCUT2D eigenvalue weighted by molar-refractivity contribution is -0.141. The molecule has 0 bridgehead atoms. The van der Waals surface area contributed by atoms with Gasteiger partial charge in [0.2, 0.25) is 0 Å². The van der Waals surface area contributed by atoms with Crippen molar-refractivity contribution in [1.29, 1.82) is 0 Å². The summed E-state index contributed by atoms with van der Waals surface area (Å²) in [6, 6.07) is 7.87. The van der Waals surface area contributed by atoms with Crippen LogP contribution in [-0.4, -0.2) is 31.1 Å². The number of rotatable bonds is 5. The van der Waals surface area contributed by atoms with Crippen LogP contribution in [0.2, 0.25) is 5.02 Å². The van der Waals surface area contributed by atoms with E-state index in [0.717, 1.165) is 11.6 Å². The fourth-order valence-corrected chi connectivity index (χ4v) is 1.64. The predicted octanol–water partition coefficient (Wildman–Crippen LogP) is 2.72. The molecule has 1 atom stereocenters. The first kappa shape index (κ1) is 14.0. The molecule has 0 amide bonds. The van der Waals surface area contributed by atoms with Crippen molar-refractivity contribution in [2.45, 2.75) is 25.9 Å². The monoisotopic (exact) mass is 255 g/mol. The van der Waals surface area contributed by atoms with E-state index in [9.17, 15) is 4.79 Å². The van der Waals surface area contributed by atoms with E-state index in [1.807, 2.05) is 38.2 Å². The molecule has 0 spiro atoms. The van der Waals surface area contributed by atoms with Gasteiger partial charge < -0.3 is 4.74 Å². The van der Waals surface area contributed by atoms with Gasteiger partial charge in [-0.15, -0.1) is 0 Å². The highest BCUT2D eigenvalue weighted by molar-refractivity contribution is 6.30. The van der Waals surface area contributed by atoms with Crippen molar-refractivity contribution in [1.82, 2.24) is 4.90 Å². The number of carbonyl (C=O) groups excluding carboxylic acids is 1. The molecule has 0 aliphatic heterocycles. The Bertz CT molecular complexity index is 364. The maximum atomic E-state index is 11.2. The third-order valence-corrected chi connectivity index (χ3v) is 3.04. The molecule has 94 valence electrons. The minimum Gasteiger partial charge on any atom is -0.469 e. The molecule has 3 nitrogen and oxygen atoms in total. The van der Waals surface area contributed by atoms with Crippen molar-refractivity contribution in [3.8, 4) is 0 Å². The Morgan fingerprint density at radius 1 is 1.41 bits per heavy atom. The number of methoxy groups -OCH3 is 1. The van der Waals surface area contributed by atoms with Gasteiger partial charge in [-0.25, -0.2) is 0 Å². The lowest BCUT2D eigenvalue weighted by Gasteiger charge is -2.23. The minimum absolute atomic E-state index is 0.151. The fourth-order valence-electron chi connectivity index (χ4n) is 1.51. The number of benzene rings is 1. The highest BCUT2D eigenvalue weighted by Crippen LogP contribution is 2.13. The summed E-state index contributed by atoms with van der Waals surface area (Å²) in [5.74, 6) is -0.180. The maximum absolute atomic E-state index is 11.2. The number of esters is 1. The third-order valence-electron chi connectivity index (χ3n) is 2.79. The van der Waals surface area contributed by atoms with Crippen LogP contribution in [0, 0.1) is 0 Å². The second-order valence-electron chi connectivity index (χ2n) is 4.17. The highest BCUT2D eigenvalue weighted by atomic mass is 35.5. The molecule has 0 aliphatic rings. The summed E-state index contributed by atoms with van der Waals surface area (Å²) in [5, 5.41) is 0.735.